The molecule has 1 heterocycles. The molecule has 1 saturated heterocycles. The Kier molecular flexibility index (Phi) is 1.77. The molecule has 0 radical (unpaired) electrons. The molecule has 0 bridgehead atoms. The molecule has 1 saturated carbocycles. The van der Waals surface area contributed by atoms with Crippen molar-refractivity contribution in [2.45, 2.75) is 34.3 Å². The molecule has 68 valence electrons. The third-order valence-electron chi connectivity index (χ3n) is 2.66. The van der Waals surface area contributed by atoms with Crippen molar-refractivity contribution in [1.82, 2.24) is 0 Å². The summed E-state index contributed by atoms with van der Waals surface area (Å²) in [5.74, 6) is 0. The van der Waals surface area contributed by atoms with E-state index in [9.17, 15) is 0 Å². The monoisotopic (exact) mass is 226 g/mol. The van der Waals surface area contributed by atoms with Crippen LogP contribution in [0, 0.1) is 0 Å². The molecular formula is C8H9Cl3O. The van der Waals surface area contributed by atoms with E-state index in [2.05, 4.69) is 6.58 Å². The van der Waals surface area contributed by atoms with Crippen molar-refractivity contribution in [1.29, 1.82) is 0 Å². The van der Waals surface area contributed by atoms with Crippen LogP contribution in [0.3, 0.4) is 0 Å². The smallest absolute Gasteiger partial charge is 0.178 e. The van der Waals surface area contributed by atoms with Gasteiger partial charge in [-0.05, 0) is 19.3 Å². The number of hydrogen-bond acceptors (Lipinski definition) is 1. The second-order valence-electron chi connectivity index (χ2n) is 3.33. The van der Waals surface area contributed by atoms with Crippen LogP contribution < -0.4 is 0 Å². The van der Waals surface area contributed by atoms with Gasteiger partial charge in [-0.15, -0.1) is 0 Å². The summed E-state index contributed by atoms with van der Waals surface area (Å²) >= 11 is 18.3. The second-order valence-corrected chi connectivity index (χ2v) is 5.42. The van der Waals surface area contributed by atoms with E-state index in [-0.39, 0.29) is 0 Å². The number of halogens is 3. The molecule has 12 heavy (non-hydrogen) atoms. The Morgan fingerprint density at radius 3 is 2.33 bits per heavy atom. The molecule has 1 aliphatic heterocycles. The molecular weight excluding hydrogens is 218 g/mol. The van der Waals surface area contributed by atoms with E-state index in [1.165, 1.54) is 0 Å². The zero-order chi connectivity index (χ0) is 9.04. The Labute approximate surface area is 86.6 Å². The first kappa shape index (κ1) is 9.14. The van der Waals surface area contributed by atoms with Gasteiger partial charge in [-0.3, -0.25) is 0 Å². The third kappa shape index (κ3) is 0.859. The SMILES string of the molecule is C=CC12OC1(Cl)CCCC2(Cl)Cl. The van der Waals surface area contributed by atoms with Gasteiger partial charge in [0.15, 0.2) is 15.0 Å². The fourth-order valence-corrected chi connectivity index (χ4v) is 3.28. The van der Waals surface area contributed by atoms with Gasteiger partial charge in [0.25, 0.3) is 0 Å². The first-order valence-corrected chi connectivity index (χ1v) is 5.01. The van der Waals surface area contributed by atoms with E-state index in [0.717, 1.165) is 12.8 Å². The summed E-state index contributed by atoms with van der Waals surface area (Å²) in [7, 11) is 0. The fraction of sp³-hybridized carbons (Fsp3) is 0.750. The maximum atomic E-state index is 6.13. The number of hydrogen-bond donors (Lipinski definition) is 0. The number of rotatable bonds is 1. The second kappa shape index (κ2) is 2.33. The number of epoxide rings is 1. The molecule has 2 aliphatic rings. The molecule has 0 N–H and O–H groups in total. The lowest BCUT2D eigenvalue weighted by molar-refractivity contribution is 0.312. The number of fused-ring (bicyclic) bond motifs is 1. The van der Waals surface area contributed by atoms with Crippen LogP contribution in [0.25, 0.3) is 0 Å². The standard InChI is InChI=1S/C8H9Cl3O/c1-2-6-7(9,10)4-3-5-8(6,11)12-6/h2H,1,3-5H2. The highest BCUT2D eigenvalue weighted by Crippen LogP contribution is 2.68. The van der Waals surface area contributed by atoms with Crippen LogP contribution in [0.5, 0.6) is 0 Å². The van der Waals surface area contributed by atoms with Crippen LogP contribution in [-0.4, -0.2) is 15.0 Å². The van der Waals surface area contributed by atoms with Gasteiger partial charge in [-0.25, -0.2) is 0 Å². The van der Waals surface area contributed by atoms with Crippen LogP contribution in [0.2, 0.25) is 0 Å². The Hall–Kier alpha value is 0.570. The van der Waals surface area contributed by atoms with E-state index in [0.29, 0.717) is 6.42 Å². The number of ether oxygens (including phenoxy) is 1. The normalized spacial score (nSPS) is 49.6. The van der Waals surface area contributed by atoms with Crippen molar-refractivity contribution in [3.63, 3.8) is 0 Å². The predicted molar refractivity (Wildman–Crippen MR) is 50.9 cm³/mol. The van der Waals surface area contributed by atoms with Crippen molar-refractivity contribution in [2.24, 2.45) is 0 Å². The summed E-state index contributed by atoms with van der Waals surface area (Å²) < 4.78 is 4.49. The summed E-state index contributed by atoms with van der Waals surface area (Å²) in [4.78, 5) is 0. The third-order valence-corrected chi connectivity index (χ3v) is 4.14. The van der Waals surface area contributed by atoms with Crippen LogP contribution in [-0.2, 0) is 4.74 Å². The summed E-state index contributed by atoms with van der Waals surface area (Å²) in [5, 5.41) is -0.684. The zero-order valence-corrected chi connectivity index (χ0v) is 8.72. The summed E-state index contributed by atoms with van der Waals surface area (Å²) in [6.45, 7) is 3.66. The largest absolute Gasteiger partial charge is 0.338 e. The molecule has 1 aliphatic carbocycles. The van der Waals surface area contributed by atoms with Crippen LogP contribution in [0.1, 0.15) is 19.3 Å². The molecule has 0 aromatic heterocycles. The highest BCUT2D eigenvalue weighted by molar-refractivity contribution is 6.51. The quantitative estimate of drug-likeness (QED) is 0.381. The minimum atomic E-state index is -0.908. The molecule has 2 rings (SSSR count). The van der Waals surface area contributed by atoms with Gasteiger partial charge in [0.05, 0.1) is 0 Å². The van der Waals surface area contributed by atoms with Gasteiger partial charge in [0.2, 0.25) is 0 Å². The summed E-state index contributed by atoms with van der Waals surface area (Å²) in [6.07, 6.45) is 4.02. The minimum Gasteiger partial charge on any atom is -0.338 e. The van der Waals surface area contributed by atoms with Crippen LogP contribution in [0.4, 0.5) is 0 Å². The Morgan fingerprint density at radius 1 is 1.25 bits per heavy atom. The highest BCUT2D eigenvalue weighted by atomic mass is 35.5. The predicted octanol–water partition coefficient (Wildman–Crippen LogP) is 3.23. The van der Waals surface area contributed by atoms with E-state index < -0.39 is 15.0 Å². The molecule has 0 aromatic carbocycles. The van der Waals surface area contributed by atoms with Crippen LogP contribution in [0.15, 0.2) is 12.7 Å². The summed E-state index contributed by atoms with van der Waals surface area (Å²) in [5.41, 5.74) is -0.719. The van der Waals surface area contributed by atoms with Gasteiger partial charge < -0.3 is 4.74 Å². The molecule has 2 atom stereocenters. The van der Waals surface area contributed by atoms with Gasteiger partial charge >= 0.3 is 0 Å². The van der Waals surface area contributed by atoms with Crippen molar-refractivity contribution >= 4 is 34.8 Å². The van der Waals surface area contributed by atoms with Crippen LogP contribution >= 0.6 is 34.8 Å². The van der Waals surface area contributed by atoms with E-state index in [1.54, 1.807) is 6.08 Å². The molecule has 1 nitrogen and oxygen atoms in total. The lowest BCUT2D eigenvalue weighted by Crippen LogP contribution is -2.41. The molecule has 0 spiro atoms. The highest BCUT2D eigenvalue weighted by Gasteiger charge is 2.78. The molecule has 2 unspecified atom stereocenters. The lowest BCUT2D eigenvalue weighted by atomic mass is 9.87. The maximum absolute atomic E-state index is 6.13. The molecule has 4 heteroatoms. The Balaban J connectivity index is 2.36. The fourth-order valence-electron chi connectivity index (χ4n) is 1.88. The maximum Gasteiger partial charge on any atom is 0.178 e. The van der Waals surface area contributed by atoms with E-state index >= 15 is 0 Å². The number of alkyl halides is 3. The van der Waals surface area contributed by atoms with Crippen molar-refractivity contribution in [3.05, 3.63) is 12.7 Å². The van der Waals surface area contributed by atoms with Crippen molar-refractivity contribution in [2.75, 3.05) is 0 Å². The van der Waals surface area contributed by atoms with E-state index in [4.69, 9.17) is 39.5 Å². The first-order valence-electron chi connectivity index (χ1n) is 3.88. The van der Waals surface area contributed by atoms with E-state index in [1.807, 2.05) is 0 Å². The lowest BCUT2D eigenvalue weighted by Gasteiger charge is -2.30. The van der Waals surface area contributed by atoms with Crippen molar-refractivity contribution in [3.8, 4) is 0 Å². The van der Waals surface area contributed by atoms with Gasteiger partial charge in [0.1, 0.15) is 0 Å². The first-order chi connectivity index (χ1) is 5.47. The zero-order valence-electron chi connectivity index (χ0n) is 6.45. The topological polar surface area (TPSA) is 12.5 Å². The van der Waals surface area contributed by atoms with Gasteiger partial charge in [0, 0.05) is 0 Å². The van der Waals surface area contributed by atoms with Gasteiger partial charge in [-0.1, -0.05) is 47.5 Å². The molecule has 0 amide bonds. The average Bonchev–Trinajstić information content (AvgIpc) is 2.58. The minimum absolute atomic E-state index is 0.684. The molecule has 0 aromatic rings. The average molecular weight is 228 g/mol. The molecule has 2 fully saturated rings. The van der Waals surface area contributed by atoms with Gasteiger partial charge in [-0.2, -0.15) is 0 Å². The Bertz CT molecular complexity index is 240. The Morgan fingerprint density at radius 2 is 1.92 bits per heavy atom. The summed E-state index contributed by atoms with van der Waals surface area (Å²) in [6, 6.07) is 0. The van der Waals surface area contributed by atoms with Crippen molar-refractivity contribution < 1.29 is 4.74 Å².